The number of H-pyrrole nitrogens is 1. The quantitative estimate of drug-likeness (QED) is 0.756. The van der Waals surface area contributed by atoms with Gasteiger partial charge in [0.2, 0.25) is 0 Å². The molecule has 0 spiro atoms. The van der Waals surface area contributed by atoms with Crippen LogP contribution in [0.1, 0.15) is 17.0 Å². The van der Waals surface area contributed by atoms with Crippen LogP contribution in [0, 0.1) is 13.8 Å². The maximum Gasteiger partial charge on any atom is 0.108 e. The highest BCUT2D eigenvalue weighted by atomic mass is 35.5. The van der Waals surface area contributed by atoms with Crippen molar-refractivity contribution >= 4 is 22.6 Å². The largest absolute Gasteiger partial charge is 0.342 e. The molecular formula is C11H13ClN2. The molecule has 0 unspecified atom stereocenters. The summed E-state index contributed by atoms with van der Waals surface area (Å²) in [6, 6.07) is 4.24. The van der Waals surface area contributed by atoms with E-state index in [0.29, 0.717) is 5.88 Å². The van der Waals surface area contributed by atoms with Crippen LogP contribution in [0.3, 0.4) is 0 Å². The smallest absolute Gasteiger partial charge is 0.108 e. The Morgan fingerprint density at radius 2 is 2.00 bits per heavy atom. The number of hydrogen-bond acceptors (Lipinski definition) is 1. The van der Waals surface area contributed by atoms with E-state index >= 15 is 0 Å². The Hall–Kier alpha value is -1.02. The van der Waals surface area contributed by atoms with E-state index in [1.54, 1.807) is 0 Å². The van der Waals surface area contributed by atoms with Crippen LogP contribution in [0.15, 0.2) is 12.1 Å². The number of imidazole rings is 1. The van der Waals surface area contributed by atoms with Gasteiger partial charge in [0.15, 0.2) is 0 Å². The first-order chi connectivity index (χ1) is 6.70. The van der Waals surface area contributed by atoms with Crippen molar-refractivity contribution in [3.05, 3.63) is 29.1 Å². The molecule has 0 atom stereocenters. The van der Waals surface area contributed by atoms with Gasteiger partial charge in [-0.3, -0.25) is 0 Å². The first kappa shape index (κ1) is 9.53. The zero-order valence-corrected chi connectivity index (χ0v) is 9.15. The van der Waals surface area contributed by atoms with Gasteiger partial charge in [-0.05, 0) is 37.1 Å². The van der Waals surface area contributed by atoms with Gasteiger partial charge >= 0.3 is 0 Å². The summed E-state index contributed by atoms with van der Waals surface area (Å²) in [5, 5.41) is 0. The molecule has 1 aromatic carbocycles. The van der Waals surface area contributed by atoms with Crippen LogP contribution in [0.4, 0.5) is 0 Å². The SMILES string of the molecule is Cc1cc2nc(CCCl)[nH]c2cc1C. The van der Waals surface area contributed by atoms with E-state index in [0.717, 1.165) is 23.3 Å². The number of fused-ring (bicyclic) bond motifs is 1. The van der Waals surface area contributed by atoms with Crippen LogP contribution in [0.5, 0.6) is 0 Å². The van der Waals surface area contributed by atoms with Crippen LogP contribution >= 0.6 is 11.6 Å². The number of aryl methyl sites for hydroxylation is 3. The van der Waals surface area contributed by atoms with E-state index in [9.17, 15) is 0 Å². The number of aromatic nitrogens is 2. The molecule has 2 nitrogen and oxygen atoms in total. The second-order valence-electron chi connectivity index (χ2n) is 3.58. The summed E-state index contributed by atoms with van der Waals surface area (Å²) in [6.07, 6.45) is 0.800. The van der Waals surface area contributed by atoms with Crippen molar-refractivity contribution in [1.82, 2.24) is 9.97 Å². The molecule has 2 rings (SSSR count). The predicted octanol–water partition coefficient (Wildman–Crippen LogP) is 2.96. The van der Waals surface area contributed by atoms with Crippen molar-refractivity contribution in [2.24, 2.45) is 0 Å². The summed E-state index contributed by atoms with van der Waals surface area (Å²) in [5.41, 5.74) is 4.71. The summed E-state index contributed by atoms with van der Waals surface area (Å²) in [6.45, 7) is 4.21. The molecule has 1 heterocycles. The highest BCUT2D eigenvalue weighted by molar-refractivity contribution is 6.17. The molecule has 0 aliphatic rings. The minimum atomic E-state index is 0.609. The number of nitrogens with one attached hydrogen (secondary N) is 1. The second kappa shape index (κ2) is 3.62. The third-order valence-corrected chi connectivity index (χ3v) is 2.67. The first-order valence-corrected chi connectivity index (χ1v) is 5.26. The van der Waals surface area contributed by atoms with E-state index in [1.165, 1.54) is 11.1 Å². The van der Waals surface area contributed by atoms with Gasteiger partial charge in [-0.2, -0.15) is 0 Å². The zero-order valence-electron chi connectivity index (χ0n) is 8.39. The standard InChI is InChI=1S/C11H13ClN2/c1-7-5-9-10(6-8(7)2)14-11(13-9)3-4-12/h5-6H,3-4H2,1-2H3,(H,13,14). The number of benzene rings is 1. The van der Waals surface area contributed by atoms with Gasteiger partial charge in [-0.1, -0.05) is 0 Å². The van der Waals surface area contributed by atoms with E-state index in [-0.39, 0.29) is 0 Å². The van der Waals surface area contributed by atoms with Crippen LogP contribution in [-0.2, 0) is 6.42 Å². The monoisotopic (exact) mass is 208 g/mol. The van der Waals surface area contributed by atoms with Crippen molar-refractivity contribution in [2.75, 3.05) is 5.88 Å². The summed E-state index contributed by atoms with van der Waals surface area (Å²) >= 11 is 5.67. The van der Waals surface area contributed by atoms with Crippen molar-refractivity contribution in [1.29, 1.82) is 0 Å². The van der Waals surface area contributed by atoms with E-state index in [2.05, 4.69) is 35.9 Å². The molecule has 0 bridgehead atoms. The highest BCUT2D eigenvalue weighted by Gasteiger charge is 2.03. The molecule has 0 saturated carbocycles. The normalized spacial score (nSPS) is 11.1. The Balaban J connectivity index is 2.54. The fraction of sp³-hybridized carbons (Fsp3) is 0.364. The van der Waals surface area contributed by atoms with Crippen molar-refractivity contribution in [3.8, 4) is 0 Å². The van der Waals surface area contributed by atoms with Gasteiger partial charge in [-0.25, -0.2) is 4.98 Å². The van der Waals surface area contributed by atoms with Crippen LogP contribution in [0.2, 0.25) is 0 Å². The minimum Gasteiger partial charge on any atom is -0.342 e. The lowest BCUT2D eigenvalue weighted by molar-refractivity contribution is 1.01. The van der Waals surface area contributed by atoms with Crippen LogP contribution in [0.25, 0.3) is 11.0 Å². The van der Waals surface area contributed by atoms with Crippen molar-refractivity contribution < 1.29 is 0 Å². The van der Waals surface area contributed by atoms with Gasteiger partial charge in [0, 0.05) is 12.3 Å². The lowest BCUT2D eigenvalue weighted by Gasteiger charge is -1.97. The minimum absolute atomic E-state index is 0.609. The number of rotatable bonds is 2. The first-order valence-electron chi connectivity index (χ1n) is 4.72. The molecule has 1 aromatic heterocycles. The summed E-state index contributed by atoms with van der Waals surface area (Å²) in [7, 11) is 0. The van der Waals surface area contributed by atoms with E-state index in [1.807, 2.05) is 0 Å². The molecule has 0 radical (unpaired) electrons. The predicted molar refractivity (Wildman–Crippen MR) is 60.0 cm³/mol. The molecule has 74 valence electrons. The van der Waals surface area contributed by atoms with Crippen molar-refractivity contribution in [2.45, 2.75) is 20.3 Å². The van der Waals surface area contributed by atoms with Crippen molar-refractivity contribution in [3.63, 3.8) is 0 Å². The third-order valence-electron chi connectivity index (χ3n) is 2.48. The van der Waals surface area contributed by atoms with Gasteiger partial charge < -0.3 is 4.98 Å². The molecule has 3 heteroatoms. The number of aromatic amines is 1. The Morgan fingerprint density at radius 3 is 2.71 bits per heavy atom. The lowest BCUT2D eigenvalue weighted by Crippen LogP contribution is -1.87. The van der Waals surface area contributed by atoms with Crippen LogP contribution in [-0.4, -0.2) is 15.8 Å². The zero-order chi connectivity index (χ0) is 10.1. The topological polar surface area (TPSA) is 28.7 Å². The molecule has 0 fully saturated rings. The number of alkyl halides is 1. The third kappa shape index (κ3) is 1.62. The van der Waals surface area contributed by atoms with Crippen LogP contribution < -0.4 is 0 Å². The van der Waals surface area contributed by atoms with Gasteiger partial charge in [0.1, 0.15) is 5.82 Å². The van der Waals surface area contributed by atoms with E-state index < -0.39 is 0 Å². The molecule has 0 aliphatic carbocycles. The Labute approximate surface area is 88.3 Å². The Morgan fingerprint density at radius 1 is 1.29 bits per heavy atom. The molecule has 0 saturated heterocycles. The highest BCUT2D eigenvalue weighted by Crippen LogP contribution is 2.17. The second-order valence-corrected chi connectivity index (χ2v) is 3.95. The van der Waals surface area contributed by atoms with Gasteiger partial charge in [-0.15, -0.1) is 11.6 Å². The Bertz CT molecular complexity index is 421. The molecule has 1 N–H and O–H groups in total. The molecule has 0 amide bonds. The van der Waals surface area contributed by atoms with Gasteiger partial charge in [0.05, 0.1) is 11.0 Å². The average molecular weight is 209 g/mol. The van der Waals surface area contributed by atoms with E-state index in [4.69, 9.17) is 11.6 Å². The summed E-state index contributed by atoms with van der Waals surface area (Å²) in [4.78, 5) is 7.73. The number of nitrogens with zero attached hydrogens (tertiary/aromatic N) is 1. The maximum absolute atomic E-state index is 5.67. The molecule has 14 heavy (non-hydrogen) atoms. The number of hydrogen-bond donors (Lipinski definition) is 1. The Kier molecular flexibility index (Phi) is 2.46. The molecule has 2 aromatic rings. The fourth-order valence-electron chi connectivity index (χ4n) is 1.53. The maximum atomic E-state index is 5.67. The average Bonchev–Trinajstić information content (AvgIpc) is 2.48. The van der Waals surface area contributed by atoms with Gasteiger partial charge in [0.25, 0.3) is 0 Å². The lowest BCUT2D eigenvalue weighted by atomic mass is 10.1. The number of halogens is 1. The molecule has 0 aliphatic heterocycles. The molecular weight excluding hydrogens is 196 g/mol. The summed E-state index contributed by atoms with van der Waals surface area (Å²) in [5.74, 6) is 1.58. The summed E-state index contributed by atoms with van der Waals surface area (Å²) < 4.78 is 0. The fourth-order valence-corrected chi connectivity index (χ4v) is 1.71.